The first-order chi connectivity index (χ1) is 12.0. The smallest absolute Gasteiger partial charge is 0.306 e. The summed E-state index contributed by atoms with van der Waals surface area (Å²) in [5.74, 6) is 1.44. The van der Waals surface area contributed by atoms with Crippen molar-refractivity contribution in [3.8, 4) is 0 Å². The maximum Gasteiger partial charge on any atom is 0.306 e. The van der Waals surface area contributed by atoms with Crippen molar-refractivity contribution in [1.29, 1.82) is 0 Å². The van der Waals surface area contributed by atoms with Crippen LogP contribution in [0, 0.1) is 19.8 Å². The highest BCUT2D eigenvalue weighted by Gasteiger charge is 2.25. The average molecular weight is 340 g/mol. The molecular weight excluding hydrogens is 316 g/mol. The van der Waals surface area contributed by atoms with Crippen LogP contribution >= 0.6 is 0 Å². The predicted molar refractivity (Wildman–Crippen MR) is 97.8 cm³/mol. The topological polar surface area (TPSA) is 78.4 Å². The zero-order valence-corrected chi connectivity index (χ0v) is 14.7. The number of carboxylic acid groups (broad SMARTS) is 1. The van der Waals surface area contributed by atoms with Crippen LogP contribution in [0.25, 0.3) is 0 Å². The Kier molecular flexibility index (Phi) is 5.16. The zero-order chi connectivity index (χ0) is 17.8. The molecule has 0 spiro atoms. The molecule has 0 amide bonds. The third-order valence-corrected chi connectivity index (χ3v) is 4.55. The summed E-state index contributed by atoms with van der Waals surface area (Å²) in [5, 5.41) is 12.5. The summed E-state index contributed by atoms with van der Waals surface area (Å²) in [7, 11) is 0. The molecule has 1 fully saturated rings. The van der Waals surface area contributed by atoms with E-state index in [1.165, 1.54) is 11.1 Å². The van der Waals surface area contributed by atoms with E-state index in [9.17, 15) is 4.79 Å². The molecule has 2 heterocycles. The lowest BCUT2D eigenvalue weighted by molar-refractivity contribution is -0.142. The number of aryl methyl sites for hydroxylation is 2. The van der Waals surface area contributed by atoms with Gasteiger partial charge in [0.05, 0.1) is 5.92 Å². The quantitative estimate of drug-likeness (QED) is 0.871. The highest BCUT2D eigenvalue weighted by molar-refractivity contribution is 5.70. The molecule has 0 radical (unpaired) electrons. The highest BCUT2D eigenvalue weighted by atomic mass is 16.4. The molecule has 1 aromatic carbocycles. The van der Waals surface area contributed by atoms with E-state index in [0.29, 0.717) is 38.3 Å². The van der Waals surface area contributed by atoms with E-state index in [4.69, 9.17) is 5.11 Å². The zero-order valence-electron chi connectivity index (χ0n) is 14.7. The Bertz CT molecular complexity index is 755. The Balaban J connectivity index is 1.67. The average Bonchev–Trinajstić information content (AvgIpc) is 2.60. The summed E-state index contributed by atoms with van der Waals surface area (Å²) >= 11 is 0. The first kappa shape index (κ1) is 17.2. The Morgan fingerprint density at radius 2 is 2.00 bits per heavy atom. The van der Waals surface area contributed by atoms with Crippen molar-refractivity contribution in [2.75, 3.05) is 23.3 Å². The first-order valence-corrected chi connectivity index (χ1v) is 8.64. The van der Waals surface area contributed by atoms with Crippen LogP contribution in [0.4, 0.5) is 11.6 Å². The summed E-state index contributed by atoms with van der Waals surface area (Å²) in [6.07, 6.45) is 1.31. The number of nitrogens with one attached hydrogen (secondary N) is 1. The molecule has 1 aliphatic heterocycles. The number of aliphatic carboxylic acids is 1. The van der Waals surface area contributed by atoms with Gasteiger partial charge in [0.2, 0.25) is 0 Å². The van der Waals surface area contributed by atoms with Gasteiger partial charge in [-0.05, 0) is 32.3 Å². The van der Waals surface area contributed by atoms with Gasteiger partial charge in [-0.1, -0.05) is 29.8 Å². The van der Waals surface area contributed by atoms with Gasteiger partial charge in [0.25, 0.3) is 0 Å². The molecule has 0 saturated carbocycles. The number of aromatic nitrogens is 2. The minimum Gasteiger partial charge on any atom is -0.481 e. The van der Waals surface area contributed by atoms with Gasteiger partial charge in [-0.25, -0.2) is 9.97 Å². The van der Waals surface area contributed by atoms with Crippen LogP contribution in [0.2, 0.25) is 0 Å². The summed E-state index contributed by atoms with van der Waals surface area (Å²) in [4.78, 5) is 22.2. The predicted octanol–water partition coefficient (Wildman–Crippen LogP) is 3.01. The molecule has 1 aliphatic rings. The van der Waals surface area contributed by atoms with Gasteiger partial charge >= 0.3 is 5.97 Å². The van der Waals surface area contributed by atoms with Crippen molar-refractivity contribution in [2.24, 2.45) is 5.92 Å². The van der Waals surface area contributed by atoms with E-state index < -0.39 is 5.97 Å². The second kappa shape index (κ2) is 7.51. The minimum absolute atomic E-state index is 0.238. The molecule has 2 aromatic rings. The van der Waals surface area contributed by atoms with E-state index in [2.05, 4.69) is 51.4 Å². The van der Waals surface area contributed by atoms with Crippen molar-refractivity contribution in [2.45, 2.75) is 33.2 Å². The molecule has 6 nitrogen and oxygen atoms in total. The van der Waals surface area contributed by atoms with Gasteiger partial charge in [-0.3, -0.25) is 4.79 Å². The molecular formula is C19H24N4O2. The summed E-state index contributed by atoms with van der Waals surface area (Å²) in [6, 6.07) is 10.3. The molecule has 6 heteroatoms. The summed E-state index contributed by atoms with van der Waals surface area (Å²) < 4.78 is 0. The molecule has 0 atom stereocenters. The Hall–Kier alpha value is -2.63. The SMILES string of the molecule is Cc1cccc(CNc2cc(N3CCC(C(=O)O)CC3)nc(C)n2)c1. The van der Waals surface area contributed by atoms with Crippen LogP contribution in [0.15, 0.2) is 30.3 Å². The first-order valence-electron chi connectivity index (χ1n) is 8.64. The number of piperidine rings is 1. The normalized spacial score (nSPS) is 15.2. The third kappa shape index (κ3) is 4.47. The van der Waals surface area contributed by atoms with Gasteiger partial charge in [-0.15, -0.1) is 0 Å². The largest absolute Gasteiger partial charge is 0.481 e. The summed E-state index contributed by atoms with van der Waals surface area (Å²) in [6.45, 7) is 6.09. The van der Waals surface area contributed by atoms with Gasteiger partial charge in [0.15, 0.2) is 0 Å². The number of rotatable bonds is 5. The van der Waals surface area contributed by atoms with Crippen molar-refractivity contribution >= 4 is 17.6 Å². The van der Waals surface area contributed by atoms with Crippen LogP contribution in [-0.2, 0) is 11.3 Å². The lowest BCUT2D eigenvalue weighted by Gasteiger charge is -2.31. The third-order valence-electron chi connectivity index (χ3n) is 4.55. The van der Waals surface area contributed by atoms with E-state index in [1.807, 2.05) is 13.0 Å². The molecule has 0 bridgehead atoms. The maximum atomic E-state index is 11.1. The van der Waals surface area contributed by atoms with Gasteiger partial charge in [0, 0.05) is 25.7 Å². The van der Waals surface area contributed by atoms with Crippen molar-refractivity contribution in [3.05, 3.63) is 47.3 Å². The minimum atomic E-state index is -0.695. The number of anilines is 2. The fourth-order valence-corrected chi connectivity index (χ4v) is 3.17. The molecule has 1 aromatic heterocycles. The van der Waals surface area contributed by atoms with Crippen LogP contribution < -0.4 is 10.2 Å². The molecule has 1 saturated heterocycles. The summed E-state index contributed by atoms with van der Waals surface area (Å²) in [5.41, 5.74) is 2.44. The molecule has 2 N–H and O–H groups in total. The lowest BCUT2D eigenvalue weighted by Crippen LogP contribution is -2.36. The van der Waals surface area contributed by atoms with Gasteiger partial charge in [-0.2, -0.15) is 0 Å². The molecule has 25 heavy (non-hydrogen) atoms. The van der Waals surface area contributed by atoms with E-state index in [1.54, 1.807) is 0 Å². The number of hydrogen-bond donors (Lipinski definition) is 2. The van der Waals surface area contributed by atoms with Gasteiger partial charge in [0.1, 0.15) is 17.5 Å². The Morgan fingerprint density at radius 1 is 1.24 bits per heavy atom. The molecule has 0 unspecified atom stereocenters. The second-order valence-electron chi connectivity index (χ2n) is 6.60. The fraction of sp³-hybridized carbons (Fsp3) is 0.421. The fourth-order valence-electron chi connectivity index (χ4n) is 3.17. The van der Waals surface area contributed by atoms with E-state index in [0.717, 1.165) is 11.6 Å². The number of carbonyl (C=O) groups is 1. The molecule has 3 rings (SSSR count). The van der Waals surface area contributed by atoms with E-state index >= 15 is 0 Å². The monoisotopic (exact) mass is 340 g/mol. The van der Waals surface area contributed by atoms with E-state index in [-0.39, 0.29) is 5.92 Å². The standard InChI is InChI=1S/C19H24N4O2/c1-13-4-3-5-15(10-13)12-20-17-11-18(22-14(2)21-17)23-8-6-16(7-9-23)19(24)25/h3-5,10-11,16H,6-9,12H2,1-2H3,(H,24,25)(H,20,21,22). The number of nitrogens with zero attached hydrogens (tertiary/aromatic N) is 3. The number of hydrogen-bond acceptors (Lipinski definition) is 5. The van der Waals surface area contributed by atoms with Crippen LogP contribution in [0.3, 0.4) is 0 Å². The molecule has 132 valence electrons. The molecule has 0 aliphatic carbocycles. The van der Waals surface area contributed by atoms with Crippen molar-refractivity contribution in [1.82, 2.24) is 9.97 Å². The van der Waals surface area contributed by atoms with Crippen molar-refractivity contribution in [3.63, 3.8) is 0 Å². The number of carboxylic acids is 1. The van der Waals surface area contributed by atoms with Crippen LogP contribution in [0.1, 0.15) is 29.8 Å². The van der Waals surface area contributed by atoms with Gasteiger partial charge < -0.3 is 15.3 Å². The van der Waals surface area contributed by atoms with Crippen LogP contribution in [-0.4, -0.2) is 34.1 Å². The number of benzene rings is 1. The maximum absolute atomic E-state index is 11.1. The van der Waals surface area contributed by atoms with Crippen LogP contribution in [0.5, 0.6) is 0 Å². The Morgan fingerprint density at radius 3 is 2.68 bits per heavy atom. The Labute approximate surface area is 147 Å². The lowest BCUT2D eigenvalue weighted by atomic mass is 9.97. The highest BCUT2D eigenvalue weighted by Crippen LogP contribution is 2.24. The van der Waals surface area contributed by atoms with Crippen molar-refractivity contribution < 1.29 is 9.90 Å². The second-order valence-corrected chi connectivity index (χ2v) is 6.60.